The lowest BCUT2D eigenvalue weighted by Crippen LogP contribution is -2.36. The van der Waals surface area contributed by atoms with Gasteiger partial charge in [0.15, 0.2) is 0 Å². The van der Waals surface area contributed by atoms with E-state index in [1.165, 1.54) is 6.26 Å². The fourth-order valence-electron chi connectivity index (χ4n) is 2.33. The number of carbonyl (C=O) groups excluding carboxylic acids is 2. The van der Waals surface area contributed by atoms with Crippen molar-refractivity contribution in [2.24, 2.45) is 0 Å². The van der Waals surface area contributed by atoms with Crippen LogP contribution in [0.5, 0.6) is 0 Å². The molecule has 2 aromatic heterocycles. The Morgan fingerprint density at radius 2 is 1.89 bits per heavy atom. The van der Waals surface area contributed by atoms with Gasteiger partial charge in [-0.2, -0.15) is 4.98 Å². The molecule has 0 saturated carbocycles. The zero-order valence-corrected chi connectivity index (χ0v) is 14.9. The number of carbonyl (C=O) groups is 2. The highest BCUT2D eigenvalue weighted by atomic mass is 16.5. The Morgan fingerprint density at radius 1 is 1.07 bits per heavy atom. The van der Waals surface area contributed by atoms with Crippen molar-refractivity contribution in [2.75, 3.05) is 6.54 Å². The van der Waals surface area contributed by atoms with Gasteiger partial charge in [-0.1, -0.05) is 35.0 Å². The highest BCUT2D eigenvalue weighted by Crippen LogP contribution is 2.16. The molecule has 0 fully saturated rings. The topological polar surface area (TPSA) is 110 Å². The van der Waals surface area contributed by atoms with Crippen LogP contribution in [0, 0.1) is 6.92 Å². The summed E-state index contributed by atoms with van der Waals surface area (Å²) in [4.78, 5) is 27.8. The highest BCUT2D eigenvalue weighted by molar-refractivity contribution is 5.84. The van der Waals surface area contributed by atoms with E-state index in [2.05, 4.69) is 20.8 Å². The van der Waals surface area contributed by atoms with E-state index in [-0.39, 0.29) is 31.3 Å². The molecule has 8 nitrogen and oxygen atoms in total. The maximum Gasteiger partial charge on any atom is 0.239 e. The molecule has 1 aromatic carbocycles. The molecule has 0 aliphatic carbocycles. The van der Waals surface area contributed by atoms with Crippen LogP contribution in [0.3, 0.4) is 0 Å². The summed E-state index contributed by atoms with van der Waals surface area (Å²) in [5.74, 6) is 0.957. The number of hydrogen-bond donors (Lipinski definition) is 2. The number of benzene rings is 1. The summed E-state index contributed by atoms with van der Waals surface area (Å²) >= 11 is 0. The minimum Gasteiger partial charge on any atom is -0.467 e. The van der Waals surface area contributed by atoms with Gasteiger partial charge in [-0.3, -0.25) is 9.59 Å². The van der Waals surface area contributed by atoms with Crippen molar-refractivity contribution >= 4 is 11.8 Å². The molecular formula is C19H20N4O4. The Morgan fingerprint density at radius 3 is 2.63 bits per heavy atom. The van der Waals surface area contributed by atoms with Crippen LogP contribution in [-0.4, -0.2) is 28.5 Å². The fourth-order valence-corrected chi connectivity index (χ4v) is 2.33. The minimum absolute atomic E-state index is 0.0992. The molecule has 2 heterocycles. The Balaban J connectivity index is 1.39. The van der Waals surface area contributed by atoms with Gasteiger partial charge in [0.25, 0.3) is 0 Å². The molecule has 0 aliphatic heterocycles. The van der Waals surface area contributed by atoms with Crippen molar-refractivity contribution in [3.05, 3.63) is 59.9 Å². The van der Waals surface area contributed by atoms with Gasteiger partial charge in [-0.05, 0) is 19.1 Å². The molecule has 0 radical (unpaired) electrons. The molecule has 2 amide bonds. The first-order valence-corrected chi connectivity index (χ1v) is 8.55. The van der Waals surface area contributed by atoms with Crippen LogP contribution >= 0.6 is 0 Å². The van der Waals surface area contributed by atoms with Gasteiger partial charge in [0.05, 0.1) is 19.4 Å². The highest BCUT2D eigenvalue weighted by Gasteiger charge is 2.11. The Bertz CT molecular complexity index is 885. The largest absolute Gasteiger partial charge is 0.467 e. The van der Waals surface area contributed by atoms with Crippen molar-refractivity contribution in [1.82, 2.24) is 20.8 Å². The van der Waals surface area contributed by atoms with E-state index in [1.54, 1.807) is 12.1 Å². The third-order valence-corrected chi connectivity index (χ3v) is 3.83. The lowest BCUT2D eigenvalue weighted by atomic mass is 10.1. The number of aryl methyl sites for hydroxylation is 2. The SMILES string of the molecule is Cc1ccc(-c2noc(CCC(=O)NCC(=O)NCc3ccco3)n2)cc1. The number of rotatable bonds is 8. The number of hydrogen-bond acceptors (Lipinski definition) is 6. The van der Waals surface area contributed by atoms with Crippen molar-refractivity contribution in [3.63, 3.8) is 0 Å². The monoisotopic (exact) mass is 368 g/mol. The van der Waals surface area contributed by atoms with Crippen LogP contribution in [0.25, 0.3) is 11.4 Å². The molecule has 0 bridgehead atoms. The van der Waals surface area contributed by atoms with Gasteiger partial charge in [-0.25, -0.2) is 0 Å². The maximum absolute atomic E-state index is 11.9. The summed E-state index contributed by atoms with van der Waals surface area (Å²) in [6.45, 7) is 2.19. The first-order chi connectivity index (χ1) is 13.1. The zero-order chi connectivity index (χ0) is 19.1. The van der Waals surface area contributed by atoms with Gasteiger partial charge in [0.1, 0.15) is 5.76 Å². The van der Waals surface area contributed by atoms with Crippen LogP contribution in [0.15, 0.2) is 51.6 Å². The van der Waals surface area contributed by atoms with Crippen LogP contribution in [0.4, 0.5) is 0 Å². The average molecular weight is 368 g/mol. The molecular weight excluding hydrogens is 348 g/mol. The molecule has 8 heteroatoms. The van der Waals surface area contributed by atoms with E-state index in [9.17, 15) is 9.59 Å². The Hall–Kier alpha value is -3.42. The molecule has 3 rings (SSSR count). The summed E-state index contributed by atoms with van der Waals surface area (Å²) < 4.78 is 10.3. The smallest absolute Gasteiger partial charge is 0.239 e. The molecule has 0 spiro atoms. The maximum atomic E-state index is 11.9. The standard InChI is InChI=1S/C19H20N4O4/c1-13-4-6-14(7-5-13)19-22-18(27-23-19)9-8-16(24)21-12-17(25)20-11-15-3-2-10-26-15/h2-7,10H,8-9,11-12H2,1H3,(H,20,25)(H,21,24). The quantitative estimate of drug-likeness (QED) is 0.629. The summed E-state index contributed by atoms with van der Waals surface area (Å²) in [5.41, 5.74) is 2.00. The number of aromatic nitrogens is 2. The summed E-state index contributed by atoms with van der Waals surface area (Å²) in [6, 6.07) is 11.3. The first-order valence-electron chi connectivity index (χ1n) is 8.55. The number of nitrogens with one attached hydrogen (secondary N) is 2. The van der Waals surface area contributed by atoms with Crippen LogP contribution in [0.1, 0.15) is 23.6 Å². The molecule has 3 aromatic rings. The van der Waals surface area contributed by atoms with E-state index in [4.69, 9.17) is 8.94 Å². The lowest BCUT2D eigenvalue weighted by Gasteiger charge is -2.05. The predicted octanol–water partition coefficient (Wildman–Crippen LogP) is 2.00. The average Bonchev–Trinajstić information content (AvgIpc) is 3.35. The number of amides is 2. The van der Waals surface area contributed by atoms with Gasteiger partial charge in [-0.15, -0.1) is 0 Å². The summed E-state index contributed by atoms with van der Waals surface area (Å²) in [7, 11) is 0. The second-order valence-corrected chi connectivity index (χ2v) is 6.01. The molecule has 27 heavy (non-hydrogen) atoms. The molecule has 0 aliphatic rings. The third-order valence-electron chi connectivity index (χ3n) is 3.83. The molecule has 0 atom stereocenters. The van der Waals surface area contributed by atoms with Crippen molar-refractivity contribution in [3.8, 4) is 11.4 Å². The summed E-state index contributed by atoms with van der Waals surface area (Å²) in [5, 5.41) is 9.13. The normalized spacial score (nSPS) is 10.6. The van der Waals surface area contributed by atoms with E-state index in [0.717, 1.165) is 11.1 Å². The van der Waals surface area contributed by atoms with E-state index in [1.807, 2.05) is 31.2 Å². The first kappa shape index (κ1) is 18.4. The number of nitrogens with zero attached hydrogens (tertiary/aromatic N) is 2. The Labute approximate surface area is 156 Å². The van der Waals surface area contributed by atoms with Gasteiger partial charge in [0, 0.05) is 18.4 Å². The molecule has 0 unspecified atom stereocenters. The third kappa shape index (κ3) is 5.53. The minimum atomic E-state index is -0.292. The molecule has 0 saturated heterocycles. The van der Waals surface area contributed by atoms with Crippen molar-refractivity contribution in [2.45, 2.75) is 26.3 Å². The van der Waals surface area contributed by atoms with E-state index in [0.29, 0.717) is 23.9 Å². The lowest BCUT2D eigenvalue weighted by molar-refractivity contribution is -0.126. The van der Waals surface area contributed by atoms with Crippen molar-refractivity contribution in [1.29, 1.82) is 0 Å². The second kappa shape index (κ2) is 8.79. The predicted molar refractivity (Wildman–Crippen MR) is 96.4 cm³/mol. The molecule has 2 N–H and O–H groups in total. The summed E-state index contributed by atoms with van der Waals surface area (Å²) in [6.07, 6.45) is 1.99. The Kier molecular flexibility index (Phi) is 5.98. The number of furan rings is 1. The second-order valence-electron chi connectivity index (χ2n) is 6.01. The van der Waals surface area contributed by atoms with E-state index >= 15 is 0 Å². The van der Waals surface area contributed by atoms with Crippen molar-refractivity contribution < 1.29 is 18.5 Å². The van der Waals surface area contributed by atoms with Crippen LogP contribution in [-0.2, 0) is 22.6 Å². The van der Waals surface area contributed by atoms with Gasteiger partial charge in [0.2, 0.25) is 23.5 Å². The zero-order valence-electron chi connectivity index (χ0n) is 14.9. The van der Waals surface area contributed by atoms with Gasteiger partial charge < -0.3 is 19.6 Å². The fraction of sp³-hybridized carbons (Fsp3) is 0.263. The molecule has 140 valence electrons. The van der Waals surface area contributed by atoms with Crippen LogP contribution in [0.2, 0.25) is 0 Å². The van der Waals surface area contributed by atoms with E-state index < -0.39 is 0 Å². The van der Waals surface area contributed by atoms with Gasteiger partial charge >= 0.3 is 0 Å². The van der Waals surface area contributed by atoms with Crippen LogP contribution < -0.4 is 10.6 Å².